The lowest BCUT2D eigenvalue weighted by molar-refractivity contribution is -0.135. The van der Waals surface area contributed by atoms with Gasteiger partial charge in [0, 0.05) is 44.2 Å². The Morgan fingerprint density at radius 3 is 2.59 bits per heavy atom. The first-order valence-electron chi connectivity index (χ1n) is 12.1. The highest BCUT2D eigenvalue weighted by atomic mass is 16.2. The Hall–Kier alpha value is -1.30. The summed E-state index contributed by atoms with van der Waals surface area (Å²) in [6.45, 7) is 12.5. The highest BCUT2D eigenvalue weighted by Gasteiger charge is 2.32. The van der Waals surface area contributed by atoms with E-state index in [1.165, 1.54) is 45.2 Å². The summed E-state index contributed by atoms with van der Waals surface area (Å²) < 4.78 is 0. The lowest BCUT2D eigenvalue weighted by Crippen LogP contribution is -2.46. The zero-order chi connectivity index (χ0) is 20.6. The topological polar surface area (TPSA) is 60.0 Å². The van der Waals surface area contributed by atoms with Crippen molar-refractivity contribution in [1.29, 1.82) is 0 Å². The Morgan fingerprint density at radius 2 is 1.86 bits per heavy atom. The van der Waals surface area contributed by atoms with Crippen molar-refractivity contribution < 1.29 is 4.79 Å². The van der Waals surface area contributed by atoms with Crippen LogP contribution < -0.4 is 10.6 Å². The minimum Gasteiger partial charge on any atom is -0.357 e. The van der Waals surface area contributed by atoms with Crippen LogP contribution in [0.3, 0.4) is 0 Å². The molecule has 2 N–H and O–H groups in total. The average Bonchev–Trinajstić information content (AvgIpc) is 3.35. The lowest BCUT2D eigenvalue weighted by atomic mass is 9.88. The van der Waals surface area contributed by atoms with Gasteiger partial charge in [-0.05, 0) is 51.5 Å². The van der Waals surface area contributed by atoms with E-state index in [1.54, 1.807) is 0 Å². The van der Waals surface area contributed by atoms with E-state index in [2.05, 4.69) is 41.2 Å². The summed E-state index contributed by atoms with van der Waals surface area (Å²) in [5.41, 5.74) is 0. The molecule has 1 amide bonds. The number of guanidine groups is 1. The van der Waals surface area contributed by atoms with Crippen molar-refractivity contribution in [2.75, 3.05) is 39.3 Å². The molecule has 3 rings (SSSR count). The molecule has 6 heteroatoms. The second-order valence-electron chi connectivity index (χ2n) is 9.65. The van der Waals surface area contributed by atoms with Gasteiger partial charge in [-0.15, -0.1) is 0 Å². The minimum absolute atomic E-state index is 0.277. The molecule has 3 aliphatic rings. The second-order valence-corrected chi connectivity index (χ2v) is 9.65. The minimum atomic E-state index is 0.277. The van der Waals surface area contributed by atoms with Gasteiger partial charge < -0.3 is 15.5 Å². The Morgan fingerprint density at radius 1 is 1.07 bits per heavy atom. The summed E-state index contributed by atoms with van der Waals surface area (Å²) in [4.78, 5) is 22.5. The summed E-state index contributed by atoms with van der Waals surface area (Å²) >= 11 is 0. The maximum atomic E-state index is 12.8. The molecular weight excluding hydrogens is 362 g/mol. The maximum Gasteiger partial charge on any atom is 0.225 e. The zero-order valence-electron chi connectivity index (χ0n) is 19.0. The summed E-state index contributed by atoms with van der Waals surface area (Å²) in [7, 11) is 0. The molecule has 0 radical (unpaired) electrons. The monoisotopic (exact) mass is 405 g/mol. The number of amides is 1. The first-order chi connectivity index (χ1) is 14.1. The van der Waals surface area contributed by atoms with Crippen LogP contribution >= 0.6 is 0 Å². The van der Waals surface area contributed by atoms with Crippen molar-refractivity contribution in [3.63, 3.8) is 0 Å². The normalized spacial score (nSPS) is 27.0. The Labute approximate surface area is 177 Å². The summed E-state index contributed by atoms with van der Waals surface area (Å²) in [5, 5.41) is 7.02. The predicted molar refractivity (Wildman–Crippen MR) is 120 cm³/mol. The van der Waals surface area contributed by atoms with Gasteiger partial charge in [-0.1, -0.05) is 33.1 Å². The molecule has 2 atom stereocenters. The Balaban J connectivity index is 1.49. The Kier molecular flexibility index (Phi) is 8.64. The fourth-order valence-electron chi connectivity index (χ4n) is 5.21. The van der Waals surface area contributed by atoms with E-state index >= 15 is 0 Å². The molecule has 2 heterocycles. The van der Waals surface area contributed by atoms with Gasteiger partial charge in [-0.25, -0.2) is 0 Å². The quantitative estimate of drug-likeness (QED) is 0.505. The second kappa shape index (κ2) is 11.2. The molecule has 0 aromatic carbocycles. The van der Waals surface area contributed by atoms with Crippen LogP contribution in [0.5, 0.6) is 0 Å². The molecule has 0 aromatic heterocycles. The first kappa shape index (κ1) is 22.4. The smallest absolute Gasteiger partial charge is 0.225 e. The van der Waals surface area contributed by atoms with E-state index in [9.17, 15) is 4.79 Å². The number of nitrogens with one attached hydrogen (secondary N) is 2. The predicted octanol–water partition coefficient (Wildman–Crippen LogP) is 2.84. The molecule has 0 spiro atoms. The molecule has 1 saturated carbocycles. The lowest BCUT2D eigenvalue weighted by Gasteiger charge is -2.27. The van der Waals surface area contributed by atoms with Gasteiger partial charge in [0.1, 0.15) is 0 Å². The van der Waals surface area contributed by atoms with Gasteiger partial charge >= 0.3 is 0 Å². The number of hydrogen-bond acceptors (Lipinski definition) is 3. The van der Waals surface area contributed by atoms with Crippen molar-refractivity contribution in [3.8, 4) is 0 Å². The molecule has 166 valence electrons. The molecule has 0 aromatic rings. The summed E-state index contributed by atoms with van der Waals surface area (Å²) in [6.07, 6.45) is 9.48. The number of likely N-dealkylation sites (tertiary alicyclic amines) is 2. The SMILES string of the molecule is CCNC(=NC[C@H]1CCCN1CC(C)C)NC1CCN(C(=O)C2CCCCC2)C1. The highest BCUT2D eigenvalue weighted by Crippen LogP contribution is 2.26. The number of rotatable bonds is 7. The third-order valence-electron chi connectivity index (χ3n) is 6.70. The fraction of sp³-hybridized carbons (Fsp3) is 0.913. The molecule has 2 saturated heterocycles. The van der Waals surface area contributed by atoms with Crippen molar-refractivity contribution in [3.05, 3.63) is 0 Å². The number of carbonyl (C=O) groups is 1. The largest absolute Gasteiger partial charge is 0.357 e. The third-order valence-corrected chi connectivity index (χ3v) is 6.70. The van der Waals surface area contributed by atoms with E-state index in [0.29, 0.717) is 23.9 Å². The summed E-state index contributed by atoms with van der Waals surface area (Å²) in [5.74, 6) is 2.29. The highest BCUT2D eigenvalue weighted by molar-refractivity contribution is 5.81. The van der Waals surface area contributed by atoms with E-state index in [4.69, 9.17) is 4.99 Å². The number of hydrogen-bond donors (Lipinski definition) is 2. The van der Waals surface area contributed by atoms with E-state index in [-0.39, 0.29) is 5.92 Å². The van der Waals surface area contributed by atoms with Gasteiger partial charge in [0.15, 0.2) is 5.96 Å². The summed E-state index contributed by atoms with van der Waals surface area (Å²) in [6, 6.07) is 0.886. The number of carbonyl (C=O) groups excluding carboxylic acids is 1. The van der Waals surface area contributed by atoms with Crippen LogP contribution in [0.15, 0.2) is 4.99 Å². The zero-order valence-corrected chi connectivity index (χ0v) is 19.0. The number of nitrogens with zero attached hydrogens (tertiary/aromatic N) is 3. The van der Waals surface area contributed by atoms with Gasteiger partial charge in [-0.3, -0.25) is 14.7 Å². The molecule has 0 bridgehead atoms. The van der Waals surface area contributed by atoms with E-state index in [0.717, 1.165) is 51.4 Å². The van der Waals surface area contributed by atoms with Gasteiger partial charge in [0.05, 0.1) is 6.54 Å². The maximum absolute atomic E-state index is 12.8. The average molecular weight is 406 g/mol. The van der Waals surface area contributed by atoms with Crippen molar-refractivity contribution in [2.45, 2.75) is 84.2 Å². The van der Waals surface area contributed by atoms with Crippen molar-refractivity contribution in [2.24, 2.45) is 16.8 Å². The van der Waals surface area contributed by atoms with Crippen LogP contribution in [0, 0.1) is 11.8 Å². The fourth-order valence-corrected chi connectivity index (χ4v) is 5.21. The molecule has 1 aliphatic carbocycles. The van der Waals surface area contributed by atoms with Crippen LogP contribution in [0.1, 0.15) is 72.1 Å². The van der Waals surface area contributed by atoms with Crippen LogP contribution in [0.25, 0.3) is 0 Å². The molecule has 2 aliphatic heterocycles. The van der Waals surface area contributed by atoms with Gasteiger partial charge in [-0.2, -0.15) is 0 Å². The molecule has 6 nitrogen and oxygen atoms in total. The molecule has 1 unspecified atom stereocenters. The van der Waals surface area contributed by atoms with Crippen LogP contribution in [0.2, 0.25) is 0 Å². The van der Waals surface area contributed by atoms with Crippen molar-refractivity contribution in [1.82, 2.24) is 20.4 Å². The Bertz CT molecular complexity index is 543. The van der Waals surface area contributed by atoms with E-state index < -0.39 is 0 Å². The first-order valence-corrected chi connectivity index (χ1v) is 12.1. The standard InChI is InChI=1S/C23H43N5O/c1-4-24-23(25-15-21-11-8-13-27(21)16-18(2)3)26-20-12-14-28(17-20)22(29)19-9-6-5-7-10-19/h18-21H,4-17H2,1-3H3,(H2,24,25,26)/t20?,21-/m1/s1. The van der Waals surface area contributed by atoms with Crippen molar-refractivity contribution >= 4 is 11.9 Å². The van der Waals surface area contributed by atoms with Gasteiger partial charge in [0.25, 0.3) is 0 Å². The van der Waals surface area contributed by atoms with Crippen LogP contribution in [-0.4, -0.2) is 73.0 Å². The molecular formula is C23H43N5O. The number of aliphatic imine (C=N–C) groups is 1. The molecule has 29 heavy (non-hydrogen) atoms. The van der Waals surface area contributed by atoms with Crippen LogP contribution in [0.4, 0.5) is 0 Å². The van der Waals surface area contributed by atoms with Gasteiger partial charge in [0.2, 0.25) is 5.91 Å². The molecule has 3 fully saturated rings. The third kappa shape index (κ3) is 6.59. The van der Waals surface area contributed by atoms with E-state index in [1.807, 2.05) is 0 Å². The van der Waals surface area contributed by atoms with Crippen LogP contribution in [-0.2, 0) is 4.79 Å².